The van der Waals surface area contributed by atoms with Crippen LogP contribution in [0.4, 0.5) is 0 Å². The lowest BCUT2D eigenvalue weighted by molar-refractivity contribution is -0.143. The van der Waals surface area contributed by atoms with Crippen LogP contribution in [0.15, 0.2) is 60.7 Å². The predicted molar refractivity (Wildman–Crippen MR) is 159 cm³/mol. The number of unbranched alkanes of at least 4 members (excludes halogenated alkanes) is 1. The lowest BCUT2D eigenvalue weighted by Gasteiger charge is -2.23. The molecule has 0 radical (unpaired) electrons. The summed E-state index contributed by atoms with van der Waals surface area (Å²) >= 11 is 0. The highest BCUT2D eigenvalue weighted by Gasteiger charge is 2.18. The Labute approximate surface area is 248 Å². The Morgan fingerprint density at radius 3 is 2.55 bits per heavy atom. The van der Waals surface area contributed by atoms with Gasteiger partial charge in [0.25, 0.3) is 0 Å². The highest BCUT2D eigenvalue weighted by Crippen LogP contribution is 2.28. The fourth-order valence-corrected chi connectivity index (χ4v) is 4.28. The first-order valence-corrected chi connectivity index (χ1v) is 14.6. The van der Waals surface area contributed by atoms with E-state index < -0.39 is 0 Å². The van der Waals surface area contributed by atoms with Gasteiger partial charge in [-0.1, -0.05) is 43.2 Å². The SMILES string of the molecule is CCOC(=O)CCCCOc1ccc(C#Cc2nc(OCC3COCCO3)cc(OCc3ccccc3)c2CC)cc1. The van der Waals surface area contributed by atoms with Crippen molar-refractivity contribution in [3.05, 3.63) is 83.0 Å². The van der Waals surface area contributed by atoms with Crippen LogP contribution < -0.4 is 14.2 Å². The van der Waals surface area contributed by atoms with Crippen LogP contribution in [0, 0.1) is 11.8 Å². The molecule has 1 aliphatic rings. The van der Waals surface area contributed by atoms with Crippen molar-refractivity contribution in [2.24, 2.45) is 0 Å². The van der Waals surface area contributed by atoms with Crippen molar-refractivity contribution in [2.45, 2.75) is 52.2 Å². The van der Waals surface area contributed by atoms with Crippen molar-refractivity contribution in [2.75, 3.05) is 39.6 Å². The van der Waals surface area contributed by atoms with Gasteiger partial charge in [0.05, 0.1) is 33.0 Å². The van der Waals surface area contributed by atoms with Gasteiger partial charge < -0.3 is 28.4 Å². The zero-order valence-corrected chi connectivity index (χ0v) is 24.4. The average Bonchev–Trinajstić information content (AvgIpc) is 3.03. The Bertz CT molecular complexity index is 1310. The Morgan fingerprint density at radius 2 is 1.81 bits per heavy atom. The molecule has 8 nitrogen and oxygen atoms in total. The molecule has 0 N–H and O–H groups in total. The third-order valence-corrected chi connectivity index (χ3v) is 6.48. The summed E-state index contributed by atoms with van der Waals surface area (Å²) in [5.74, 6) is 8.18. The van der Waals surface area contributed by atoms with Crippen LogP contribution in [0.2, 0.25) is 0 Å². The zero-order valence-electron chi connectivity index (χ0n) is 24.4. The number of ether oxygens (including phenoxy) is 6. The van der Waals surface area contributed by atoms with E-state index in [-0.39, 0.29) is 12.1 Å². The van der Waals surface area contributed by atoms with Gasteiger partial charge in [0.2, 0.25) is 5.88 Å². The molecule has 1 saturated heterocycles. The smallest absolute Gasteiger partial charge is 0.305 e. The van der Waals surface area contributed by atoms with Crippen LogP contribution in [-0.4, -0.2) is 56.7 Å². The molecule has 42 heavy (non-hydrogen) atoms. The molecular formula is C34H39NO7. The number of carbonyl (C=O) groups excluding carboxylic acids is 1. The van der Waals surface area contributed by atoms with E-state index in [0.29, 0.717) is 76.4 Å². The van der Waals surface area contributed by atoms with Crippen LogP contribution in [-0.2, 0) is 32.0 Å². The van der Waals surface area contributed by atoms with Crippen LogP contribution in [0.25, 0.3) is 0 Å². The molecular weight excluding hydrogens is 534 g/mol. The van der Waals surface area contributed by atoms with Crippen LogP contribution >= 0.6 is 0 Å². The maximum atomic E-state index is 11.4. The molecule has 1 aromatic heterocycles. The van der Waals surface area contributed by atoms with Crippen molar-refractivity contribution < 1.29 is 33.2 Å². The summed E-state index contributed by atoms with van der Waals surface area (Å²) in [4.78, 5) is 16.2. The van der Waals surface area contributed by atoms with Crippen molar-refractivity contribution in [3.63, 3.8) is 0 Å². The summed E-state index contributed by atoms with van der Waals surface area (Å²) in [6, 6.07) is 19.5. The molecule has 0 saturated carbocycles. The first-order chi connectivity index (χ1) is 20.6. The summed E-state index contributed by atoms with van der Waals surface area (Å²) in [7, 11) is 0. The molecule has 0 bridgehead atoms. The maximum Gasteiger partial charge on any atom is 0.305 e. The van der Waals surface area contributed by atoms with Gasteiger partial charge in [-0.05, 0) is 61.9 Å². The standard InChI is InChI=1S/C34H39NO7/c1-3-30-31(18-15-26-13-16-28(17-14-26)39-19-9-8-12-34(36)38-4-2)35-33(42-25-29-24-37-20-21-40-29)22-32(30)41-23-27-10-6-5-7-11-27/h5-7,10-11,13-14,16-17,22,29H,3-4,8-9,12,19-21,23-25H2,1-2H3. The van der Waals surface area contributed by atoms with E-state index in [4.69, 9.17) is 33.4 Å². The van der Waals surface area contributed by atoms with Gasteiger partial charge in [-0.3, -0.25) is 4.79 Å². The van der Waals surface area contributed by atoms with E-state index in [1.165, 1.54) is 0 Å². The Morgan fingerprint density at radius 1 is 0.976 bits per heavy atom. The number of nitrogens with zero attached hydrogens (tertiary/aromatic N) is 1. The van der Waals surface area contributed by atoms with E-state index >= 15 is 0 Å². The summed E-state index contributed by atoms with van der Waals surface area (Å²) in [5.41, 5.74) is 3.44. The van der Waals surface area contributed by atoms with Crippen molar-refractivity contribution in [3.8, 4) is 29.2 Å². The number of esters is 1. The largest absolute Gasteiger partial charge is 0.494 e. The van der Waals surface area contributed by atoms with E-state index in [1.54, 1.807) is 0 Å². The molecule has 4 rings (SSSR count). The number of pyridine rings is 1. The van der Waals surface area contributed by atoms with Crippen molar-refractivity contribution >= 4 is 5.97 Å². The van der Waals surface area contributed by atoms with Crippen LogP contribution in [0.1, 0.15) is 55.5 Å². The van der Waals surface area contributed by atoms with E-state index in [1.807, 2.05) is 67.6 Å². The molecule has 1 atom stereocenters. The minimum absolute atomic E-state index is 0.145. The molecule has 0 spiro atoms. The van der Waals surface area contributed by atoms with Gasteiger partial charge >= 0.3 is 5.97 Å². The number of rotatable bonds is 14. The van der Waals surface area contributed by atoms with Crippen molar-refractivity contribution in [1.82, 2.24) is 4.98 Å². The lowest BCUT2D eigenvalue weighted by Crippen LogP contribution is -2.33. The van der Waals surface area contributed by atoms with Gasteiger partial charge in [0.15, 0.2) is 0 Å². The topological polar surface area (TPSA) is 85.3 Å². The molecule has 0 aliphatic carbocycles. The quantitative estimate of drug-likeness (QED) is 0.141. The van der Waals surface area contributed by atoms with Crippen molar-refractivity contribution in [1.29, 1.82) is 0 Å². The van der Waals surface area contributed by atoms with Gasteiger partial charge in [0, 0.05) is 23.6 Å². The van der Waals surface area contributed by atoms with E-state index in [2.05, 4.69) is 18.8 Å². The normalized spacial score (nSPS) is 14.4. The fraction of sp³-hybridized carbons (Fsp3) is 0.412. The summed E-state index contributed by atoms with van der Waals surface area (Å²) in [5, 5.41) is 0. The second kappa shape index (κ2) is 17.0. The first kappa shape index (κ1) is 30.9. The third-order valence-electron chi connectivity index (χ3n) is 6.48. The zero-order chi connectivity index (χ0) is 29.4. The molecule has 1 fully saturated rings. The Kier molecular flexibility index (Phi) is 12.5. The molecule has 2 aromatic carbocycles. The van der Waals surface area contributed by atoms with Crippen LogP contribution in [0.3, 0.4) is 0 Å². The molecule has 8 heteroatoms. The van der Waals surface area contributed by atoms with E-state index in [9.17, 15) is 4.79 Å². The summed E-state index contributed by atoms with van der Waals surface area (Å²) in [6.07, 6.45) is 2.47. The maximum absolute atomic E-state index is 11.4. The minimum Gasteiger partial charge on any atom is -0.494 e. The predicted octanol–water partition coefficient (Wildman–Crippen LogP) is 5.53. The summed E-state index contributed by atoms with van der Waals surface area (Å²) in [6.45, 7) is 7.21. The first-order valence-electron chi connectivity index (χ1n) is 14.6. The van der Waals surface area contributed by atoms with Gasteiger partial charge in [-0.15, -0.1) is 0 Å². The Balaban J connectivity index is 1.43. The number of aromatic nitrogens is 1. The molecule has 0 amide bonds. The minimum atomic E-state index is -0.166. The monoisotopic (exact) mass is 573 g/mol. The third kappa shape index (κ3) is 10.1. The molecule has 3 aromatic rings. The number of benzene rings is 2. The summed E-state index contributed by atoms with van der Waals surface area (Å²) < 4.78 is 34.2. The molecule has 1 aliphatic heterocycles. The van der Waals surface area contributed by atoms with Gasteiger partial charge in [-0.2, -0.15) is 0 Å². The highest BCUT2D eigenvalue weighted by molar-refractivity contribution is 5.69. The second-order valence-electron chi connectivity index (χ2n) is 9.68. The molecule has 1 unspecified atom stereocenters. The fourth-order valence-electron chi connectivity index (χ4n) is 4.28. The number of carbonyl (C=O) groups is 1. The number of hydrogen-bond acceptors (Lipinski definition) is 8. The van der Waals surface area contributed by atoms with E-state index in [0.717, 1.165) is 35.3 Å². The lowest BCUT2D eigenvalue weighted by atomic mass is 10.1. The average molecular weight is 574 g/mol. The molecule has 2 heterocycles. The second-order valence-corrected chi connectivity index (χ2v) is 9.68. The Hall–Kier alpha value is -4.06. The number of hydrogen-bond donors (Lipinski definition) is 0. The van der Waals surface area contributed by atoms with Gasteiger partial charge in [-0.25, -0.2) is 4.98 Å². The highest BCUT2D eigenvalue weighted by atomic mass is 16.6. The van der Waals surface area contributed by atoms with Crippen LogP contribution in [0.5, 0.6) is 17.4 Å². The van der Waals surface area contributed by atoms with Gasteiger partial charge in [0.1, 0.15) is 36.5 Å². The molecule has 222 valence electrons.